The molecule has 0 spiro atoms. The molecule has 1 aliphatic carbocycles. The van der Waals surface area contributed by atoms with Crippen molar-refractivity contribution in [2.45, 2.75) is 39.7 Å². The number of benzene rings is 1. The third-order valence-corrected chi connectivity index (χ3v) is 3.48. The number of ether oxygens (including phenoxy) is 1. The van der Waals surface area contributed by atoms with Gasteiger partial charge in [0.25, 0.3) is 5.91 Å². The summed E-state index contributed by atoms with van der Waals surface area (Å²) in [6, 6.07) is 6.00. The lowest BCUT2D eigenvalue weighted by molar-refractivity contribution is -0.144. The highest BCUT2D eigenvalue weighted by Gasteiger charge is 2.35. The SMILES string of the molecule is CCOC(=O)CN(C(=O)c1cc(C)ccc1C)C1CC1. The van der Waals surface area contributed by atoms with Crippen molar-refractivity contribution in [2.24, 2.45) is 0 Å². The predicted octanol–water partition coefficient (Wildman–Crippen LogP) is 2.47. The lowest BCUT2D eigenvalue weighted by Crippen LogP contribution is -2.38. The molecule has 0 aromatic heterocycles. The number of rotatable bonds is 5. The van der Waals surface area contributed by atoms with Crippen molar-refractivity contribution >= 4 is 11.9 Å². The minimum absolute atomic E-state index is 0.0464. The Bertz CT molecular complexity index is 520. The molecule has 1 saturated carbocycles. The Hall–Kier alpha value is -1.84. The Morgan fingerprint density at radius 2 is 2.00 bits per heavy atom. The van der Waals surface area contributed by atoms with Crippen LogP contribution in [0.15, 0.2) is 18.2 Å². The second-order valence-corrected chi connectivity index (χ2v) is 5.29. The van der Waals surface area contributed by atoms with Crippen molar-refractivity contribution in [3.05, 3.63) is 34.9 Å². The molecule has 1 amide bonds. The second kappa shape index (κ2) is 6.07. The minimum atomic E-state index is -0.335. The summed E-state index contributed by atoms with van der Waals surface area (Å²) in [6.45, 7) is 6.04. The van der Waals surface area contributed by atoms with Gasteiger partial charge in [-0.1, -0.05) is 17.7 Å². The van der Waals surface area contributed by atoms with E-state index in [1.165, 1.54) is 0 Å². The number of amides is 1. The zero-order chi connectivity index (χ0) is 14.7. The Balaban J connectivity index is 2.18. The van der Waals surface area contributed by atoms with Crippen LogP contribution in [-0.4, -0.2) is 36.0 Å². The Kier molecular flexibility index (Phi) is 4.42. The monoisotopic (exact) mass is 275 g/mol. The zero-order valence-electron chi connectivity index (χ0n) is 12.3. The van der Waals surface area contributed by atoms with Crippen molar-refractivity contribution in [3.8, 4) is 0 Å². The summed E-state index contributed by atoms with van der Waals surface area (Å²) < 4.78 is 4.96. The first-order valence-electron chi connectivity index (χ1n) is 7.06. The minimum Gasteiger partial charge on any atom is -0.465 e. The Morgan fingerprint density at radius 3 is 2.60 bits per heavy atom. The van der Waals surface area contributed by atoms with Gasteiger partial charge in [0, 0.05) is 11.6 Å². The van der Waals surface area contributed by atoms with E-state index in [0.717, 1.165) is 24.0 Å². The maximum absolute atomic E-state index is 12.7. The maximum atomic E-state index is 12.7. The van der Waals surface area contributed by atoms with Crippen molar-refractivity contribution in [3.63, 3.8) is 0 Å². The molecule has 0 heterocycles. The van der Waals surface area contributed by atoms with Gasteiger partial charge in [-0.15, -0.1) is 0 Å². The second-order valence-electron chi connectivity index (χ2n) is 5.29. The molecule has 1 aromatic rings. The molecule has 0 atom stereocenters. The number of nitrogens with zero attached hydrogens (tertiary/aromatic N) is 1. The van der Waals surface area contributed by atoms with Gasteiger partial charge in [0.1, 0.15) is 6.54 Å². The van der Waals surface area contributed by atoms with Crippen LogP contribution in [0.4, 0.5) is 0 Å². The van der Waals surface area contributed by atoms with Gasteiger partial charge in [0.15, 0.2) is 0 Å². The van der Waals surface area contributed by atoms with Crippen LogP contribution in [0.5, 0.6) is 0 Å². The summed E-state index contributed by atoms with van der Waals surface area (Å²) in [5.41, 5.74) is 2.67. The first kappa shape index (κ1) is 14.6. The lowest BCUT2D eigenvalue weighted by atomic mass is 10.0. The number of hydrogen-bond donors (Lipinski definition) is 0. The first-order chi connectivity index (χ1) is 9.52. The van der Waals surface area contributed by atoms with Crippen LogP contribution in [0.1, 0.15) is 41.3 Å². The van der Waals surface area contributed by atoms with Crippen molar-refractivity contribution in [2.75, 3.05) is 13.2 Å². The molecule has 1 fully saturated rings. The van der Waals surface area contributed by atoms with Crippen molar-refractivity contribution in [1.82, 2.24) is 4.90 Å². The van der Waals surface area contributed by atoms with Crippen LogP contribution in [0.2, 0.25) is 0 Å². The van der Waals surface area contributed by atoms with E-state index >= 15 is 0 Å². The van der Waals surface area contributed by atoms with Crippen LogP contribution in [0.25, 0.3) is 0 Å². The Labute approximate surface area is 119 Å². The van der Waals surface area contributed by atoms with Gasteiger partial charge in [-0.05, 0) is 45.2 Å². The normalized spacial score (nSPS) is 13.9. The fourth-order valence-electron chi connectivity index (χ4n) is 2.22. The maximum Gasteiger partial charge on any atom is 0.325 e. The molecule has 4 heteroatoms. The quantitative estimate of drug-likeness (QED) is 0.776. The molecule has 4 nitrogen and oxygen atoms in total. The van der Waals surface area contributed by atoms with Gasteiger partial charge >= 0.3 is 5.97 Å². The zero-order valence-corrected chi connectivity index (χ0v) is 12.3. The van der Waals surface area contributed by atoms with E-state index in [1.54, 1.807) is 11.8 Å². The molecule has 20 heavy (non-hydrogen) atoms. The molecule has 0 N–H and O–H groups in total. The van der Waals surface area contributed by atoms with Gasteiger partial charge in [0.05, 0.1) is 6.61 Å². The number of hydrogen-bond acceptors (Lipinski definition) is 3. The lowest BCUT2D eigenvalue weighted by Gasteiger charge is -2.22. The summed E-state index contributed by atoms with van der Waals surface area (Å²) in [4.78, 5) is 26.0. The highest BCUT2D eigenvalue weighted by Crippen LogP contribution is 2.29. The Morgan fingerprint density at radius 1 is 1.30 bits per heavy atom. The summed E-state index contributed by atoms with van der Waals surface area (Å²) in [7, 11) is 0. The van der Waals surface area contributed by atoms with Crippen LogP contribution in [0, 0.1) is 13.8 Å². The number of aryl methyl sites for hydroxylation is 2. The number of carbonyl (C=O) groups excluding carboxylic acids is 2. The van der Waals surface area contributed by atoms with E-state index in [1.807, 2.05) is 32.0 Å². The third kappa shape index (κ3) is 3.38. The molecule has 1 aliphatic rings. The van der Waals surface area contributed by atoms with Gasteiger partial charge in [-0.25, -0.2) is 0 Å². The van der Waals surface area contributed by atoms with Crippen LogP contribution < -0.4 is 0 Å². The number of esters is 1. The van der Waals surface area contributed by atoms with Gasteiger partial charge < -0.3 is 9.64 Å². The van der Waals surface area contributed by atoms with E-state index in [2.05, 4.69) is 0 Å². The first-order valence-corrected chi connectivity index (χ1v) is 7.06. The predicted molar refractivity (Wildman–Crippen MR) is 76.6 cm³/mol. The van der Waals surface area contributed by atoms with E-state index < -0.39 is 0 Å². The number of carbonyl (C=O) groups is 2. The van der Waals surface area contributed by atoms with Crippen molar-refractivity contribution in [1.29, 1.82) is 0 Å². The molecule has 0 unspecified atom stereocenters. The molecule has 2 rings (SSSR count). The average molecular weight is 275 g/mol. The standard InChI is InChI=1S/C16H21NO3/c1-4-20-15(18)10-17(13-7-8-13)16(19)14-9-11(2)5-6-12(14)3/h5-6,9,13H,4,7-8,10H2,1-3H3. The van der Waals surface area contributed by atoms with Gasteiger partial charge in [0.2, 0.25) is 0 Å². The molecule has 108 valence electrons. The van der Waals surface area contributed by atoms with Gasteiger partial charge in [-0.3, -0.25) is 9.59 Å². The molecule has 0 aliphatic heterocycles. The van der Waals surface area contributed by atoms with Crippen LogP contribution in [-0.2, 0) is 9.53 Å². The molecule has 1 aromatic carbocycles. The highest BCUT2D eigenvalue weighted by molar-refractivity contribution is 5.97. The summed E-state index contributed by atoms with van der Waals surface area (Å²) in [5, 5.41) is 0. The van der Waals surface area contributed by atoms with E-state index in [-0.39, 0.29) is 24.5 Å². The average Bonchev–Trinajstić information content (AvgIpc) is 3.23. The van der Waals surface area contributed by atoms with E-state index in [9.17, 15) is 9.59 Å². The van der Waals surface area contributed by atoms with Crippen molar-refractivity contribution < 1.29 is 14.3 Å². The molecule has 0 saturated heterocycles. The van der Waals surface area contributed by atoms with Gasteiger partial charge in [-0.2, -0.15) is 0 Å². The van der Waals surface area contributed by atoms with E-state index in [0.29, 0.717) is 12.2 Å². The summed E-state index contributed by atoms with van der Waals surface area (Å²) in [5.74, 6) is -0.403. The topological polar surface area (TPSA) is 46.6 Å². The van der Waals surface area contributed by atoms with Crippen LogP contribution >= 0.6 is 0 Å². The molecular formula is C16H21NO3. The van der Waals surface area contributed by atoms with Crippen LogP contribution in [0.3, 0.4) is 0 Å². The smallest absolute Gasteiger partial charge is 0.325 e. The summed E-state index contributed by atoms with van der Waals surface area (Å²) >= 11 is 0. The third-order valence-electron chi connectivity index (χ3n) is 3.48. The molecule has 0 bridgehead atoms. The fourth-order valence-corrected chi connectivity index (χ4v) is 2.22. The largest absolute Gasteiger partial charge is 0.465 e. The highest BCUT2D eigenvalue weighted by atomic mass is 16.5. The fraction of sp³-hybridized carbons (Fsp3) is 0.500. The molecule has 0 radical (unpaired) electrons. The summed E-state index contributed by atoms with van der Waals surface area (Å²) in [6.07, 6.45) is 1.94. The van der Waals surface area contributed by atoms with E-state index in [4.69, 9.17) is 4.74 Å². The molecular weight excluding hydrogens is 254 g/mol.